The maximum absolute atomic E-state index is 13.8. The van der Waals surface area contributed by atoms with Crippen molar-refractivity contribution in [1.82, 2.24) is 19.4 Å². The summed E-state index contributed by atoms with van der Waals surface area (Å²) in [6.45, 7) is 8.65. The summed E-state index contributed by atoms with van der Waals surface area (Å²) in [4.78, 5) is 50.6. The van der Waals surface area contributed by atoms with Crippen LogP contribution in [-0.4, -0.2) is 75.5 Å². The van der Waals surface area contributed by atoms with Crippen LogP contribution < -0.4 is 15.1 Å². The molecule has 12 heteroatoms. The van der Waals surface area contributed by atoms with Gasteiger partial charge in [0.15, 0.2) is 5.65 Å². The molecule has 0 saturated carbocycles. The summed E-state index contributed by atoms with van der Waals surface area (Å²) < 4.78 is 12.7. The number of hydrogen-bond donors (Lipinski definition) is 1. The van der Waals surface area contributed by atoms with E-state index >= 15 is 0 Å². The van der Waals surface area contributed by atoms with Crippen molar-refractivity contribution in [2.75, 3.05) is 38.2 Å². The molecule has 37 heavy (non-hydrogen) atoms. The highest BCUT2D eigenvalue weighted by Crippen LogP contribution is 2.33. The van der Waals surface area contributed by atoms with Crippen LogP contribution in [0.25, 0.3) is 20.9 Å². The number of nitrogens with zero attached hydrogens (tertiary/aromatic N) is 5. The lowest BCUT2D eigenvalue weighted by molar-refractivity contribution is -0.137. The maximum Gasteiger partial charge on any atom is 0.410 e. The average Bonchev–Trinajstić information content (AvgIpc) is 3.30. The summed E-state index contributed by atoms with van der Waals surface area (Å²) in [5.74, 6) is -0.615. The second-order valence-electron chi connectivity index (χ2n) is 9.67. The largest absolute Gasteiger partial charge is 0.481 e. The number of carboxylic acid groups (broad SMARTS) is 1. The number of aromatic nitrogens is 3. The van der Waals surface area contributed by atoms with Gasteiger partial charge in [0.25, 0.3) is 0 Å². The number of carbonyl (C=O) groups excluding carboxylic acids is 1. The number of methoxy groups -OCH3 is 1. The maximum atomic E-state index is 13.8. The van der Waals surface area contributed by atoms with Crippen molar-refractivity contribution in [3.63, 3.8) is 0 Å². The molecule has 3 aromatic rings. The van der Waals surface area contributed by atoms with Gasteiger partial charge in [-0.15, -0.1) is 11.3 Å². The van der Waals surface area contributed by atoms with Crippen molar-refractivity contribution >= 4 is 39.4 Å². The van der Waals surface area contributed by atoms with E-state index in [-0.39, 0.29) is 18.1 Å². The third-order valence-electron chi connectivity index (χ3n) is 5.95. The molecule has 0 unspecified atom stereocenters. The molecule has 0 aromatic carbocycles. The van der Waals surface area contributed by atoms with E-state index in [2.05, 4.69) is 9.97 Å². The van der Waals surface area contributed by atoms with Crippen molar-refractivity contribution in [1.29, 1.82) is 0 Å². The highest BCUT2D eigenvalue weighted by Gasteiger charge is 2.30. The zero-order valence-corrected chi connectivity index (χ0v) is 22.4. The van der Waals surface area contributed by atoms with E-state index in [9.17, 15) is 19.5 Å². The van der Waals surface area contributed by atoms with Gasteiger partial charge in [0.2, 0.25) is 11.3 Å². The average molecular weight is 530 g/mol. The Morgan fingerprint density at radius 1 is 1.19 bits per heavy atom. The number of anilines is 1. The van der Waals surface area contributed by atoms with Crippen molar-refractivity contribution in [2.45, 2.75) is 46.3 Å². The van der Waals surface area contributed by atoms with Crippen LogP contribution in [0.2, 0.25) is 0 Å². The Labute approximate surface area is 218 Å². The highest BCUT2D eigenvalue weighted by molar-refractivity contribution is 7.21. The van der Waals surface area contributed by atoms with Crippen molar-refractivity contribution < 1.29 is 24.2 Å². The first-order chi connectivity index (χ1) is 17.5. The number of carboxylic acids is 1. The van der Waals surface area contributed by atoms with Crippen molar-refractivity contribution in [2.24, 2.45) is 0 Å². The fraction of sp³-hybridized carbons (Fsp3) is 0.480. The summed E-state index contributed by atoms with van der Waals surface area (Å²) in [6, 6.07) is 3.49. The third-order valence-corrected chi connectivity index (χ3v) is 7.04. The second kappa shape index (κ2) is 10.4. The number of pyridine rings is 2. The monoisotopic (exact) mass is 529 g/mol. The molecule has 0 spiro atoms. The second-order valence-corrected chi connectivity index (χ2v) is 10.7. The van der Waals surface area contributed by atoms with Gasteiger partial charge in [0.05, 0.1) is 7.11 Å². The molecule has 0 bridgehead atoms. The molecule has 1 aliphatic heterocycles. The molecule has 0 aliphatic carbocycles. The minimum atomic E-state index is -1.03. The lowest BCUT2D eigenvalue weighted by atomic mass is 10.1. The number of amides is 1. The summed E-state index contributed by atoms with van der Waals surface area (Å²) in [6.07, 6.45) is 1.65. The highest BCUT2D eigenvalue weighted by atomic mass is 32.1. The SMILES string of the molecule is CCc1c(N2CCN(C(=O)OC(C)(C)C)CC2)c(=O)c2sc(-c3ccnc(OC)c3)nc2n1CC(=O)O. The number of thiazole rings is 1. The fourth-order valence-electron chi connectivity index (χ4n) is 4.34. The summed E-state index contributed by atoms with van der Waals surface area (Å²) in [7, 11) is 1.52. The van der Waals surface area contributed by atoms with Crippen LogP contribution >= 0.6 is 11.3 Å². The Hall–Kier alpha value is -3.67. The molecule has 1 aliphatic rings. The number of carbonyl (C=O) groups is 2. The molecule has 11 nitrogen and oxygen atoms in total. The van der Waals surface area contributed by atoms with Crippen LogP contribution in [0.15, 0.2) is 23.1 Å². The molecular weight excluding hydrogens is 498 g/mol. The first-order valence-corrected chi connectivity index (χ1v) is 12.8. The van der Waals surface area contributed by atoms with E-state index < -0.39 is 11.6 Å². The summed E-state index contributed by atoms with van der Waals surface area (Å²) in [5, 5.41) is 10.2. The number of ether oxygens (including phenoxy) is 2. The Kier molecular flexibility index (Phi) is 7.39. The van der Waals surface area contributed by atoms with E-state index in [1.165, 1.54) is 18.4 Å². The lowest BCUT2D eigenvalue weighted by Gasteiger charge is -2.37. The molecule has 1 fully saturated rings. The molecule has 1 saturated heterocycles. The Balaban J connectivity index is 1.77. The first kappa shape index (κ1) is 26.4. The summed E-state index contributed by atoms with van der Waals surface area (Å²) >= 11 is 1.21. The van der Waals surface area contributed by atoms with Gasteiger partial charge >= 0.3 is 12.1 Å². The minimum Gasteiger partial charge on any atom is -0.481 e. The van der Waals surface area contributed by atoms with Gasteiger partial charge < -0.3 is 28.9 Å². The van der Waals surface area contributed by atoms with Gasteiger partial charge in [-0.3, -0.25) is 9.59 Å². The van der Waals surface area contributed by atoms with Gasteiger partial charge in [-0.25, -0.2) is 14.8 Å². The normalized spacial score (nSPS) is 14.2. The van der Waals surface area contributed by atoms with Crippen molar-refractivity contribution in [3.8, 4) is 16.5 Å². The Bertz CT molecular complexity index is 1380. The van der Waals surface area contributed by atoms with E-state index in [1.54, 1.807) is 27.8 Å². The van der Waals surface area contributed by atoms with Gasteiger partial charge in [-0.05, 0) is 33.3 Å². The predicted octanol–water partition coefficient (Wildman–Crippen LogP) is 3.23. The third kappa shape index (κ3) is 5.53. The first-order valence-electron chi connectivity index (χ1n) is 12.0. The Morgan fingerprint density at radius 3 is 2.49 bits per heavy atom. The van der Waals surface area contributed by atoms with Crippen LogP contribution in [0.1, 0.15) is 33.4 Å². The topological polar surface area (TPSA) is 127 Å². The fourth-order valence-corrected chi connectivity index (χ4v) is 5.35. The quantitative estimate of drug-likeness (QED) is 0.512. The Morgan fingerprint density at radius 2 is 1.89 bits per heavy atom. The smallest absolute Gasteiger partial charge is 0.410 e. The minimum absolute atomic E-state index is 0.191. The van der Waals surface area contributed by atoms with Crippen LogP contribution in [0, 0.1) is 0 Å². The van der Waals surface area contributed by atoms with Gasteiger partial charge in [0.1, 0.15) is 27.5 Å². The summed E-state index contributed by atoms with van der Waals surface area (Å²) in [5.41, 5.74) is 1.35. The molecule has 4 heterocycles. The van der Waals surface area contributed by atoms with Crippen LogP contribution in [0.5, 0.6) is 5.88 Å². The van der Waals surface area contributed by atoms with Gasteiger partial charge in [0, 0.05) is 49.7 Å². The molecule has 198 valence electrons. The van der Waals surface area contributed by atoms with E-state index in [0.29, 0.717) is 65.2 Å². The molecule has 1 N–H and O–H groups in total. The number of piperazine rings is 1. The zero-order chi connectivity index (χ0) is 26.9. The van der Waals surface area contributed by atoms with E-state index in [1.807, 2.05) is 32.6 Å². The standard InChI is InChI=1S/C25H31N5O6S/c1-6-16-19(28-9-11-29(12-10-28)24(34)36-25(2,3)4)20(33)21-22(30(16)14-18(31)32)27-23(37-21)15-7-8-26-17(13-15)35-5/h7-8,13H,6,9-12,14H2,1-5H3,(H,31,32). The number of hydrogen-bond acceptors (Lipinski definition) is 9. The van der Waals surface area contributed by atoms with Gasteiger partial charge in [-0.1, -0.05) is 6.92 Å². The molecule has 1 amide bonds. The number of fused-ring (bicyclic) bond motifs is 1. The molecule has 0 radical (unpaired) electrons. The van der Waals surface area contributed by atoms with Gasteiger partial charge in [-0.2, -0.15) is 0 Å². The lowest BCUT2D eigenvalue weighted by Crippen LogP contribution is -2.51. The molecule has 4 rings (SSSR count). The van der Waals surface area contributed by atoms with E-state index in [4.69, 9.17) is 9.47 Å². The molecule has 3 aromatic heterocycles. The number of aliphatic carboxylic acids is 1. The van der Waals surface area contributed by atoms with Crippen LogP contribution in [-0.2, 0) is 22.5 Å². The molecular formula is C25H31N5O6S. The number of rotatable bonds is 6. The van der Waals surface area contributed by atoms with Crippen LogP contribution in [0.4, 0.5) is 10.5 Å². The molecule has 0 atom stereocenters. The predicted molar refractivity (Wildman–Crippen MR) is 141 cm³/mol. The van der Waals surface area contributed by atoms with E-state index in [0.717, 1.165) is 5.56 Å². The van der Waals surface area contributed by atoms with Crippen molar-refractivity contribution in [3.05, 3.63) is 34.2 Å². The zero-order valence-electron chi connectivity index (χ0n) is 21.6. The van der Waals surface area contributed by atoms with Crippen LogP contribution in [0.3, 0.4) is 0 Å².